The van der Waals surface area contributed by atoms with E-state index < -0.39 is 0 Å². The average molecular weight is 262 g/mol. The van der Waals surface area contributed by atoms with Crippen LogP contribution >= 0.6 is 0 Å². The zero-order chi connectivity index (χ0) is 13.5. The van der Waals surface area contributed by atoms with Gasteiger partial charge in [-0.05, 0) is 12.1 Å². The fourth-order valence-corrected chi connectivity index (χ4v) is 1.30. The molecule has 2 rings (SSSR count). The van der Waals surface area contributed by atoms with E-state index in [4.69, 9.17) is 9.84 Å². The lowest BCUT2D eigenvalue weighted by molar-refractivity contribution is 0.310. The second-order valence-corrected chi connectivity index (χ2v) is 3.46. The summed E-state index contributed by atoms with van der Waals surface area (Å²) >= 11 is 0. The highest BCUT2D eigenvalue weighted by atomic mass is 16.5. The highest BCUT2D eigenvalue weighted by molar-refractivity contribution is 5.49. The first-order valence-electron chi connectivity index (χ1n) is 5.64. The molecular formula is C11H14N6O2. The first-order valence-corrected chi connectivity index (χ1v) is 5.64. The van der Waals surface area contributed by atoms with Gasteiger partial charge in [0.05, 0.1) is 13.7 Å². The van der Waals surface area contributed by atoms with E-state index in [-0.39, 0.29) is 12.6 Å². The van der Waals surface area contributed by atoms with Crippen LogP contribution in [-0.4, -0.2) is 45.3 Å². The van der Waals surface area contributed by atoms with Crippen LogP contribution in [0.1, 0.15) is 0 Å². The van der Waals surface area contributed by atoms with Crippen molar-refractivity contribution < 1.29 is 9.84 Å². The Hall–Kier alpha value is -2.48. The van der Waals surface area contributed by atoms with Crippen molar-refractivity contribution in [2.45, 2.75) is 0 Å². The largest absolute Gasteiger partial charge is 0.467 e. The number of nitrogens with one attached hydrogen (secondary N) is 2. The van der Waals surface area contributed by atoms with Gasteiger partial charge in [-0.1, -0.05) is 6.07 Å². The Morgan fingerprint density at radius 1 is 1.21 bits per heavy atom. The third-order valence-corrected chi connectivity index (χ3v) is 2.10. The molecule has 0 saturated heterocycles. The first-order chi connectivity index (χ1) is 9.31. The molecule has 0 atom stereocenters. The third kappa shape index (κ3) is 3.75. The zero-order valence-corrected chi connectivity index (χ0v) is 10.4. The summed E-state index contributed by atoms with van der Waals surface area (Å²) in [6, 6.07) is 5.62. The highest BCUT2D eigenvalue weighted by Gasteiger charge is 2.07. The smallest absolute Gasteiger partial charge is 0.322 e. The number of nitrogens with zero attached hydrogens (tertiary/aromatic N) is 4. The normalized spacial score (nSPS) is 10.0. The molecule has 100 valence electrons. The SMILES string of the molecule is COc1nc(NCCO)nc(Nc2ccccn2)n1. The van der Waals surface area contributed by atoms with Gasteiger partial charge in [0.25, 0.3) is 0 Å². The van der Waals surface area contributed by atoms with Crippen LogP contribution in [0.5, 0.6) is 6.01 Å². The van der Waals surface area contributed by atoms with Crippen LogP contribution in [0, 0.1) is 0 Å². The maximum Gasteiger partial charge on any atom is 0.322 e. The molecule has 2 aromatic rings. The summed E-state index contributed by atoms with van der Waals surface area (Å²) in [4.78, 5) is 16.3. The Labute approximate surface area is 109 Å². The van der Waals surface area contributed by atoms with E-state index in [1.165, 1.54) is 7.11 Å². The molecule has 2 heterocycles. The lowest BCUT2D eigenvalue weighted by Crippen LogP contribution is -2.11. The van der Waals surface area contributed by atoms with Crippen LogP contribution < -0.4 is 15.4 Å². The Morgan fingerprint density at radius 2 is 2.05 bits per heavy atom. The van der Waals surface area contributed by atoms with E-state index in [9.17, 15) is 0 Å². The summed E-state index contributed by atoms with van der Waals surface area (Å²) in [6.45, 7) is 0.327. The molecule has 19 heavy (non-hydrogen) atoms. The first kappa shape index (κ1) is 13.0. The minimum atomic E-state index is -0.0169. The standard InChI is InChI=1S/C11H14N6O2/c1-19-11-16-9(13-6-7-18)15-10(17-11)14-8-4-2-3-5-12-8/h2-5,18H,6-7H2,1H3,(H2,12,13,14,15,16,17). The molecule has 0 amide bonds. The molecule has 8 heteroatoms. The van der Waals surface area contributed by atoms with E-state index in [1.807, 2.05) is 12.1 Å². The molecule has 0 aliphatic heterocycles. The van der Waals surface area contributed by atoms with Gasteiger partial charge in [0.15, 0.2) is 0 Å². The van der Waals surface area contributed by atoms with E-state index in [2.05, 4.69) is 30.6 Å². The van der Waals surface area contributed by atoms with Gasteiger partial charge in [0.1, 0.15) is 5.82 Å². The van der Waals surface area contributed by atoms with Crippen LogP contribution in [0.3, 0.4) is 0 Å². The van der Waals surface area contributed by atoms with Gasteiger partial charge < -0.3 is 20.5 Å². The molecule has 0 unspecified atom stereocenters. The number of hydrogen-bond donors (Lipinski definition) is 3. The van der Waals surface area contributed by atoms with Gasteiger partial charge in [-0.2, -0.15) is 15.0 Å². The number of anilines is 3. The minimum absolute atomic E-state index is 0.0169. The van der Waals surface area contributed by atoms with Crippen molar-refractivity contribution in [2.24, 2.45) is 0 Å². The lowest BCUT2D eigenvalue weighted by Gasteiger charge is -2.08. The number of aromatic nitrogens is 4. The summed E-state index contributed by atoms with van der Waals surface area (Å²) in [5.74, 6) is 1.24. The van der Waals surface area contributed by atoms with Gasteiger partial charge in [-0.25, -0.2) is 4.98 Å². The Morgan fingerprint density at radius 3 is 2.74 bits per heavy atom. The second kappa shape index (κ2) is 6.45. The number of methoxy groups -OCH3 is 1. The van der Waals surface area contributed by atoms with E-state index in [0.29, 0.717) is 24.3 Å². The number of hydrogen-bond acceptors (Lipinski definition) is 8. The molecule has 2 aromatic heterocycles. The van der Waals surface area contributed by atoms with Crippen molar-refractivity contribution in [1.82, 2.24) is 19.9 Å². The Balaban J connectivity index is 2.19. The molecule has 0 saturated carbocycles. The van der Waals surface area contributed by atoms with Crippen molar-refractivity contribution >= 4 is 17.7 Å². The van der Waals surface area contributed by atoms with E-state index >= 15 is 0 Å². The molecule has 8 nitrogen and oxygen atoms in total. The van der Waals surface area contributed by atoms with Crippen molar-refractivity contribution in [3.63, 3.8) is 0 Å². The van der Waals surface area contributed by atoms with Crippen LogP contribution in [-0.2, 0) is 0 Å². The van der Waals surface area contributed by atoms with E-state index in [0.717, 1.165) is 0 Å². The molecule has 0 fully saturated rings. The van der Waals surface area contributed by atoms with Gasteiger partial charge in [0, 0.05) is 12.7 Å². The summed E-state index contributed by atoms with van der Waals surface area (Å²) in [5.41, 5.74) is 0. The topological polar surface area (TPSA) is 105 Å². The van der Waals surface area contributed by atoms with Crippen molar-refractivity contribution in [1.29, 1.82) is 0 Å². The molecule has 3 N–H and O–H groups in total. The monoisotopic (exact) mass is 262 g/mol. The summed E-state index contributed by atoms with van der Waals surface area (Å²) in [5, 5.41) is 14.6. The molecule has 0 aliphatic rings. The lowest BCUT2D eigenvalue weighted by atomic mass is 10.5. The molecule has 0 spiro atoms. The summed E-state index contributed by atoms with van der Waals surface area (Å²) < 4.78 is 4.99. The van der Waals surface area contributed by atoms with Crippen molar-refractivity contribution in [3.05, 3.63) is 24.4 Å². The number of rotatable bonds is 6. The second-order valence-electron chi connectivity index (χ2n) is 3.46. The van der Waals surface area contributed by atoms with Gasteiger partial charge in [-0.15, -0.1) is 0 Å². The molecular weight excluding hydrogens is 248 g/mol. The number of ether oxygens (including phenoxy) is 1. The van der Waals surface area contributed by atoms with E-state index in [1.54, 1.807) is 12.3 Å². The Bertz CT molecular complexity index is 522. The fraction of sp³-hybridized carbons (Fsp3) is 0.273. The highest BCUT2D eigenvalue weighted by Crippen LogP contribution is 2.14. The molecule has 0 aliphatic carbocycles. The number of pyridine rings is 1. The van der Waals surface area contributed by atoms with Gasteiger partial charge >= 0.3 is 6.01 Å². The predicted molar refractivity (Wildman–Crippen MR) is 69.5 cm³/mol. The van der Waals surface area contributed by atoms with Crippen LogP contribution in [0.2, 0.25) is 0 Å². The maximum atomic E-state index is 8.77. The Kier molecular flexibility index (Phi) is 4.40. The van der Waals surface area contributed by atoms with Crippen molar-refractivity contribution in [3.8, 4) is 6.01 Å². The third-order valence-electron chi connectivity index (χ3n) is 2.10. The van der Waals surface area contributed by atoms with Crippen molar-refractivity contribution in [2.75, 3.05) is 30.9 Å². The van der Waals surface area contributed by atoms with Crippen LogP contribution in [0.15, 0.2) is 24.4 Å². The summed E-state index contributed by atoms with van der Waals surface area (Å²) in [6.07, 6.45) is 1.66. The number of aliphatic hydroxyl groups excluding tert-OH is 1. The van der Waals surface area contributed by atoms with Crippen LogP contribution in [0.4, 0.5) is 17.7 Å². The molecule has 0 bridgehead atoms. The minimum Gasteiger partial charge on any atom is -0.467 e. The fourth-order valence-electron chi connectivity index (χ4n) is 1.30. The predicted octanol–water partition coefficient (Wildman–Crippen LogP) is 0.423. The number of aliphatic hydroxyl groups is 1. The maximum absolute atomic E-state index is 8.77. The van der Waals surface area contributed by atoms with Crippen LogP contribution in [0.25, 0.3) is 0 Å². The molecule has 0 radical (unpaired) electrons. The average Bonchev–Trinajstić information content (AvgIpc) is 2.46. The summed E-state index contributed by atoms with van der Waals surface area (Å²) in [7, 11) is 1.47. The molecule has 0 aromatic carbocycles. The van der Waals surface area contributed by atoms with Gasteiger partial charge in [0.2, 0.25) is 11.9 Å². The quantitative estimate of drug-likeness (QED) is 0.688. The zero-order valence-electron chi connectivity index (χ0n) is 10.4. The van der Waals surface area contributed by atoms with Gasteiger partial charge in [-0.3, -0.25) is 0 Å².